The SMILES string of the molecule is CCCCN(C(=O)CNC(=O)OC(C)(C)C)C(C(=O)NC(C)C)c1ccccc1O. The highest BCUT2D eigenvalue weighted by atomic mass is 16.6. The van der Waals surface area contributed by atoms with E-state index < -0.39 is 29.6 Å². The van der Waals surface area contributed by atoms with E-state index in [2.05, 4.69) is 10.6 Å². The van der Waals surface area contributed by atoms with Crippen LogP contribution in [0.3, 0.4) is 0 Å². The number of phenolic OH excluding ortho intramolecular Hbond substituents is 1. The van der Waals surface area contributed by atoms with Crippen molar-refractivity contribution in [2.45, 2.75) is 72.1 Å². The fraction of sp³-hybridized carbons (Fsp3) is 0.591. The zero-order valence-corrected chi connectivity index (χ0v) is 18.8. The molecule has 8 heteroatoms. The van der Waals surface area contributed by atoms with Crippen LogP contribution < -0.4 is 10.6 Å². The van der Waals surface area contributed by atoms with E-state index in [-0.39, 0.29) is 18.3 Å². The Morgan fingerprint density at radius 1 is 1.17 bits per heavy atom. The van der Waals surface area contributed by atoms with E-state index in [1.807, 2.05) is 20.8 Å². The molecule has 0 spiro atoms. The summed E-state index contributed by atoms with van der Waals surface area (Å²) < 4.78 is 5.17. The van der Waals surface area contributed by atoms with Gasteiger partial charge in [-0.25, -0.2) is 4.79 Å². The first-order valence-electron chi connectivity index (χ1n) is 10.3. The number of rotatable bonds is 9. The summed E-state index contributed by atoms with van der Waals surface area (Å²) in [5.41, 5.74) is -0.359. The first-order chi connectivity index (χ1) is 14.0. The van der Waals surface area contributed by atoms with Gasteiger partial charge < -0.3 is 25.4 Å². The third-order valence-electron chi connectivity index (χ3n) is 4.08. The number of phenols is 1. The molecule has 0 fully saturated rings. The second kappa shape index (κ2) is 11.4. The third kappa shape index (κ3) is 8.31. The summed E-state index contributed by atoms with van der Waals surface area (Å²) in [6, 6.07) is 5.28. The summed E-state index contributed by atoms with van der Waals surface area (Å²) >= 11 is 0. The van der Waals surface area contributed by atoms with E-state index in [0.717, 1.165) is 6.42 Å². The van der Waals surface area contributed by atoms with Gasteiger partial charge in [-0.05, 0) is 47.1 Å². The van der Waals surface area contributed by atoms with Crippen LogP contribution in [-0.4, -0.2) is 52.6 Å². The summed E-state index contributed by atoms with van der Waals surface area (Å²) in [7, 11) is 0. The van der Waals surface area contributed by atoms with Gasteiger partial charge in [-0.15, -0.1) is 0 Å². The number of ether oxygens (including phenoxy) is 1. The monoisotopic (exact) mass is 421 g/mol. The molecule has 3 amide bonds. The van der Waals surface area contributed by atoms with Crippen LogP contribution in [-0.2, 0) is 14.3 Å². The molecule has 1 aromatic carbocycles. The van der Waals surface area contributed by atoms with Crippen LogP contribution in [0.4, 0.5) is 4.79 Å². The lowest BCUT2D eigenvalue weighted by atomic mass is 10.0. The molecule has 30 heavy (non-hydrogen) atoms. The molecule has 0 heterocycles. The average Bonchev–Trinajstić information content (AvgIpc) is 2.62. The average molecular weight is 422 g/mol. The summed E-state index contributed by atoms with van der Waals surface area (Å²) in [4.78, 5) is 39.4. The van der Waals surface area contributed by atoms with Gasteiger partial charge in [0.2, 0.25) is 11.8 Å². The molecule has 0 aliphatic carbocycles. The molecule has 0 radical (unpaired) electrons. The van der Waals surface area contributed by atoms with Crippen LogP contribution in [0.1, 0.15) is 66.0 Å². The lowest BCUT2D eigenvalue weighted by Gasteiger charge is -2.32. The number of unbranched alkanes of at least 4 members (excludes halogenated alkanes) is 1. The van der Waals surface area contributed by atoms with Crippen molar-refractivity contribution < 1.29 is 24.2 Å². The van der Waals surface area contributed by atoms with Crippen molar-refractivity contribution in [3.8, 4) is 5.75 Å². The molecule has 1 rings (SSSR count). The minimum atomic E-state index is -1.02. The maximum absolute atomic E-state index is 13.0. The molecule has 8 nitrogen and oxygen atoms in total. The number of nitrogens with zero attached hydrogens (tertiary/aromatic N) is 1. The molecule has 0 aromatic heterocycles. The fourth-order valence-electron chi connectivity index (χ4n) is 2.82. The summed E-state index contributed by atoms with van der Waals surface area (Å²) in [5.74, 6) is -0.912. The van der Waals surface area contributed by atoms with Crippen LogP contribution in [0.5, 0.6) is 5.75 Å². The molecule has 1 unspecified atom stereocenters. The van der Waals surface area contributed by atoms with Crippen molar-refractivity contribution in [3.63, 3.8) is 0 Å². The Bertz CT molecular complexity index is 728. The van der Waals surface area contributed by atoms with Gasteiger partial charge in [-0.3, -0.25) is 9.59 Å². The van der Waals surface area contributed by atoms with E-state index >= 15 is 0 Å². The van der Waals surface area contributed by atoms with Gasteiger partial charge in [-0.1, -0.05) is 31.5 Å². The van der Waals surface area contributed by atoms with Crippen LogP contribution >= 0.6 is 0 Å². The second-order valence-electron chi connectivity index (χ2n) is 8.42. The number of carbonyl (C=O) groups excluding carboxylic acids is 3. The number of hydrogen-bond acceptors (Lipinski definition) is 5. The number of alkyl carbamates (subject to hydrolysis) is 1. The van der Waals surface area contributed by atoms with Crippen LogP contribution in [0.15, 0.2) is 24.3 Å². The predicted molar refractivity (Wildman–Crippen MR) is 115 cm³/mol. The highest BCUT2D eigenvalue weighted by molar-refractivity contribution is 5.91. The second-order valence-corrected chi connectivity index (χ2v) is 8.42. The van der Waals surface area contributed by atoms with Gasteiger partial charge in [0, 0.05) is 18.2 Å². The van der Waals surface area contributed by atoms with Crippen molar-refractivity contribution in [1.29, 1.82) is 0 Å². The fourth-order valence-corrected chi connectivity index (χ4v) is 2.82. The van der Waals surface area contributed by atoms with Gasteiger partial charge in [0.25, 0.3) is 0 Å². The highest BCUT2D eigenvalue weighted by Crippen LogP contribution is 2.29. The molecule has 3 N–H and O–H groups in total. The number of hydrogen-bond donors (Lipinski definition) is 3. The summed E-state index contributed by atoms with van der Waals surface area (Å²) in [6.07, 6.45) is 0.761. The highest BCUT2D eigenvalue weighted by Gasteiger charge is 2.33. The van der Waals surface area contributed by atoms with E-state index in [1.165, 1.54) is 11.0 Å². The number of carbonyl (C=O) groups is 3. The number of para-hydroxylation sites is 1. The van der Waals surface area contributed by atoms with Crippen LogP contribution in [0.25, 0.3) is 0 Å². The van der Waals surface area contributed by atoms with Crippen LogP contribution in [0, 0.1) is 0 Å². The first-order valence-corrected chi connectivity index (χ1v) is 10.3. The molecule has 0 aliphatic rings. The zero-order valence-electron chi connectivity index (χ0n) is 18.8. The minimum absolute atomic E-state index is 0.0733. The summed E-state index contributed by atoms with van der Waals surface area (Å²) in [5, 5.41) is 15.6. The van der Waals surface area contributed by atoms with Gasteiger partial charge in [0.05, 0.1) is 0 Å². The Hall–Kier alpha value is -2.77. The Morgan fingerprint density at radius 2 is 1.80 bits per heavy atom. The molecule has 0 saturated carbocycles. The Labute approximate surface area is 179 Å². The van der Waals surface area contributed by atoms with Gasteiger partial charge in [0.15, 0.2) is 0 Å². The zero-order chi connectivity index (χ0) is 22.9. The number of amides is 3. The van der Waals surface area contributed by atoms with Crippen molar-refractivity contribution in [2.75, 3.05) is 13.1 Å². The summed E-state index contributed by atoms with van der Waals surface area (Å²) in [6.45, 7) is 10.8. The molecule has 0 bridgehead atoms. The lowest BCUT2D eigenvalue weighted by Crippen LogP contribution is -2.49. The maximum Gasteiger partial charge on any atom is 0.408 e. The molecular weight excluding hydrogens is 386 g/mol. The molecular formula is C22H35N3O5. The van der Waals surface area contributed by atoms with Gasteiger partial charge >= 0.3 is 6.09 Å². The third-order valence-corrected chi connectivity index (χ3v) is 4.08. The minimum Gasteiger partial charge on any atom is -0.508 e. The number of aromatic hydroxyl groups is 1. The van der Waals surface area contributed by atoms with Crippen LogP contribution in [0.2, 0.25) is 0 Å². The predicted octanol–water partition coefficient (Wildman–Crippen LogP) is 3.11. The van der Waals surface area contributed by atoms with Crippen molar-refractivity contribution >= 4 is 17.9 Å². The molecule has 1 aromatic rings. The number of benzene rings is 1. The Balaban J connectivity index is 3.16. The van der Waals surface area contributed by atoms with E-state index in [1.54, 1.807) is 39.0 Å². The van der Waals surface area contributed by atoms with E-state index in [9.17, 15) is 19.5 Å². The smallest absolute Gasteiger partial charge is 0.408 e. The molecule has 0 aliphatic heterocycles. The quantitative estimate of drug-likeness (QED) is 0.568. The van der Waals surface area contributed by atoms with Gasteiger partial charge in [-0.2, -0.15) is 0 Å². The lowest BCUT2D eigenvalue weighted by molar-refractivity contribution is -0.140. The standard InChI is InChI=1S/C22H35N3O5/c1-7-8-13-25(18(27)14-23-21(29)30-22(4,5)6)19(20(28)24-15(2)3)16-11-9-10-12-17(16)26/h9-12,15,19,26H,7-8,13-14H2,1-6H3,(H,23,29)(H,24,28). The van der Waals surface area contributed by atoms with Crippen molar-refractivity contribution in [1.82, 2.24) is 15.5 Å². The van der Waals surface area contributed by atoms with Crippen molar-refractivity contribution in [3.05, 3.63) is 29.8 Å². The molecule has 1 atom stereocenters. The normalized spacial score (nSPS) is 12.2. The number of nitrogens with one attached hydrogen (secondary N) is 2. The first kappa shape index (κ1) is 25.3. The van der Waals surface area contributed by atoms with E-state index in [0.29, 0.717) is 18.5 Å². The Kier molecular flexibility index (Phi) is 9.62. The molecule has 0 saturated heterocycles. The van der Waals surface area contributed by atoms with Gasteiger partial charge in [0.1, 0.15) is 23.9 Å². The van der Waals surface area contributed by atoms with Crippen molar-refractivity contribution in [2.24, 2.45) is 0 Å². The molecule has 168 valence electrons. The van der Waals surface area contributed by atoms with E-state index in [4.69, 9.17) is 4.74 Å². The maximum atomic E-state index is 13.0. The Morgan fingerprint density at radius 3 is 2.33 bits per heavy atom. The topological polar surface area (TPSA) is 108 Å². The largest absolute Gasteiger partial charge is 0.508 e.